The van der Waals surface area contributed by atoms with Gasteiger partial charge >= 0.3 is 11.9 Å². The van der Waals surface area contributed by atoms with E-state index in [1.165, 1.54) is 18.9 Å². The number of nitrogens with zero attached hydrogens (tertiary/aromatic N) is 3. The number of aromatic nitrogens is 3. The third kappa shape index (κ3) is 3.44. The zero-order valence-corrected chi connectivity index (χ0v) is 14.8. The number of hydrogen-bond acceptors (Lipinski definition) is 9. The minimum absolute atomic E-state index is 0.0704. The Balaban J connectivity index is 1.90. The van der Waals surface area contributed by atoms with Gasteiger partial charge in [-0.2, -0.15) is 0 Å². The maximum absolute atomic E-state index is 12.2. The predicted octanol–water partition coefficient (Wildman–Crippen LogP) is 0.808. The molecule has 10 heteroatoms. The van der Waals surface area contributed by atoms with Crippen LogP contribution in [0.2, 0.25) is 0 Å². The first kappa shape index (κ1) is 18.7. The summed E-state index contributed by atoms with van der Waals surface area (Å²) in [6, 6.07) is 0. The molecule has 3 atom stereocenters. The topological polar surface area (TPSA) is 122 Å². The SMILES string of the molecule is COC(=O)c1nnn([C@@H]2CCCC3(CCC[C@@H](CO)O3)O2)c1C(=O)OC. The van der Waals surface area contributed by atoms with Crippen molar-refractivity contribution in [3.63, 3.8) is 0 Å². The summed E-state index contributed by atoms with van der Waals surface area (Å²) in [5.74, 6) is -2.37. The van der Waals surface area contributed by atoms with E-state index >= 15 is 0 Å². The molecule has 1 aromatic rings. The van der Waals surface area contributed by atoms with E-state index in [-0.39, 0.29) is 24.1 Å². The van der Waals surface area contributed by atoms with Crippen LogP contribution in [0.3, 0.4) is 0 Å². The van der Waals surface area contributed by atoms with E-state index in [4.69, 9.17) is 14.2 Å². The molecular formula is C16H23N3O7. The Labute approximate surface area is 150 Å². The van der Waals surface area contributed by atoms with Crippen molar-refractivity contribution in [3.05, 3.63) is 11.4 Å². The van der Waals surface area contributed by atoms with Gasteiger partial charge in [0.15, 0.2) is 17.7 Å². The molecule has 3 rings (SSSR count). The second kappa shape index (κ2) is 7.68. The van der Waals surface area contributed by atoms with Crippen molar-refractivity contribution < 1.29 is 33.6 Å². The van der Waals surface area contributed by atoms with Crippen molar-refractivity contribution in [2.75, 3.05) is 20.8 Å². The van der Waals surface area contributed by atoms with Gasteiger partial charge in [-0.05, 0) is 25.7 Å². The molecule has 1 N–H and O–H groups in total. The smallest absolute Gasteiger partial charge is 0.361 e. The fraction of sp³-hybridized carbons (Fsp3) is 0.750. The summed E-state index contributed by atoms with van der Waals surface area (Å²) < 4.78 is 22.8. The summed E-state index contributed by atoms with van der Waals surface area (Å²) in [7, 11) is 2.40. The Morgan fingerprint density at radius 3 is 2.54 bits per heavy atom. The third-order valence-corrected chi connectivity index (χ3v) is 4.75. The lowest BCUT2D eigenvalue weighted by Crippen LogP contribution is -2.48. The normalized spacial score (nSPS) is 28.7. The van der Waals surface area contributed by atoms with Crippen LogP contribution in [-0.4, -0.2) is 64.8 Å². The first-order valence-electron chi connectivity index (χ1n) is 8.62. The van der Waals surface area contributed by atoms with E-state index in [1.54, 1.807) is 0 Å². The van der Waals surface area contributed by atoms with E-state index < -0.39 is 24.0 Å². The van der Waals surface area contributed by atoms with Crippen LogP contribution in [0.15, 0.2) is 0 Å². The van der Waals surface area contributed by atoms with E-state index in [2.05, 4.69) is 15.0 Å². The minimum atomic E-state index is -0.834. The van der Waals surface area contributed by atoms with Gasteiger partial charge in [0, 0.05) is 12.8 Å². The molecule has 1 aromatic heterocycles. The van der Waals surface area contributed by atoms with Gasteiger partial charge in [0.25, 0.3) is 0 Å². The lowest BCUT2D eigenvalue weighted by atomic mass is 9.94. The summed E-state index contributed by atoms with van der Waals surface area (Å²) in [6.07, 6.45) is 3.45. The van der Waals surface area contributed by atoms with Gasteiger partial charge in [-0.3, -0.25) is 0 Å². The van der Waals surface area contributed by atoms with E-state index in [1.807, 2.05) is 0 Å². The second-order valence-corrected chi connectivity index (χ2v) is 6.40. The molecule has 0 amide bonds. The van der Waals surface area contributed by atoms with Gasteiger partial charge in [-0.1, -0.05) is 5.21 Å². The van der Waals surface area contributed by atoms with Crippen molar-refractivity contribution in [2.45, 2.75) is 56.6 Å². The number of ether oxygens (including phenoxy) is 4. The van der Waals surface area contributed by atoms with Crippen LogP contribution in [0.25, 0.3) is 0 Å². The van der Waals surface area contributed by atoms with Gasteiger partial charge in [0.2, 0.25) is 5.69 Å². The molecule has 0 aromatic carbocycles. The average Bonchev–Trinajstić information content (AvgIpc) is 3.12. The number of rotatable bonds is 4. The summed E-state index contributed by atoms with van der Waals surface area (Å²) in [4.78, 5) is 24.1. The third-order valence-electron chi connectivity index (χ3n) is 4.75. The van der Waals surface area contributed by atoms with Gasteiger partial charge in [-0.15, -0.1) is 5.10 Å². The highest BCUT2D eigenvalue weighted by molar-refractivity contribution is 6.00. The Bertz CT molecular complexity index is 673. The van der Waals surface area contributed by atoms with Crippen molar-refractivity contribution in [2.24, 2.45) is 0 Å². The van der Waals surface area contributed by atoms with Crippen LogP contribution in [0.5, 0.6) is 0 Å². The Kier molecular flexibility index (Phi) is 5.54. The molecule has 0 aliphatic carbocycles. The van der Waals surface area contributed by atoms with Crippen LogP contribution in [-0.2, 0) is 18.9 Å². The molecule has 0 saturated carbocycles. The number of methoxy groups -OCH3 is 2. The zero-order valence-electron chi connectivity index (χ0n) is 14.8. The first-order valence-corrected chi connectivity index (χ1v) is 8.62. The summed E-state index contributed by atoms with van der Waals surface area (Å²) in [5, 5.41) is 17.1. The average molecular weight is 369 g/mol. The standard InChI is InChI=1S/C16H23N3O7/c1-23-14(21)12-13(15(22)24-2)19(18-17-12)11-6-4-8-16(26-11)7-3-5-10(9-20)25-16/h10-11,20H,3-9H2,1-2H3/t10-,11-,16?/m0/s1. The summed E-state index contributed by atoms with van der Waals surface area (Å²) in [5.41, 5.74) is -0.337. The van der Waals surface area contributed by atoms with Crippen LogP contribution >= 0.6 is 0 Å². The molecule has 1 unspecified atom stereocenters. The second-order valence-electron chi connectivity index (χ2n) is 6.40. The van der Waals surface area contributed by atoms with Crippen LogP contribution in [0.1, 0.15) is 65.7 Å². The molecule has 2 aliphatic rings. The highest BCUT2D eigenvalue weighted by Crippen LogP contribution is 2.42. The molecule has 3 heterocycles. The molecule has 1 spiro atoms. The van der Waals surface area contributed by atoms with Gasteiger partial charge < -0.3 is 24.1 Å². The Morgan fingerprint density at radius 2 is 1.88 bits per heavy atom. The van der Waals surface area contributed by atoms with Crippen LogP contribution in [0, 0.1) is 0 Å². The van der Waals surface area contributed by atoms with E-state index in [0.29, 0.717) is 19.3 Å². The summed E-state index contributed by atoms with van der Waals surface area (Å²) >= 11 is 0. The molecule has 10 nitrogen and oxygen atoms in total. The largest absolute Gasteiger partial charge is 0.464 e. The number of carbonyl (C=O) groups is 2. The fourth-order valence-electron chi connectivity index (χ4n) is 3.52. The van der Waals surface area contributed by atoms with Crippen molar-refractivity contribution >= 4 is 11.9 Å². The molecule has 26 heavy (non-hydrogen) atoms. The molecule has 2 fully saturated rings. The minimum Gasteiger partial charge on any atom is -0.464 e. The van der Waals surface area contributed by atoms with Gasteiger partial charge in [0.1, 0.15) is 0 Å². The monoisotopic (exact) mass is 369 g/mol. The number of aliphatic hydroxyl groups is 1. The number of carbonyl (C=O) groups excluding carboxylic acids is 2. The van der Waals surface area contributed by atoms with Crippen LogP contribution < -0.4 is 0 Å². The molecule has 0 bridgehead atoms. The van der Waals surface area contributed by atoms with Crippen molar-refractivity contribution in [1.82, 2.24) is 15.0 Å². The quantitative estimate of drug-likeness (QED) is 0.768. The maximum atomic E-state index is 12.2. The van der Waals surface area contributed by atoms with Gasteiger partial charge in [0.05, 0.1) is 26.9 Å². The highest BCUT2D eigenvalue weighted by Gasteiger charge is 2.44. The van der Waals surface area contributed by atoms with E-state index in [9.17, 15) is 14.7 Å². The number of aliphatic hydroxyl groups excluding tert-OH is 1. The van der Waals surface area contributed by atoms with Crippen molar-refractivity contribution in [3.8, 4) is 0 Å². The Hall–Kier alpha value is -2.04. The fourth-order valence-corrected chi connectivity index (χ4v) is 3.52. The summed E-state index contributed by atoms with van der Waals surface area (Å²) in [6.45, 7) is -0.0704. The van der Waals surface area contributed by atoms with Crippen LogP contribution in [0.4, 0.5) is 0 Å². The lowest BCUT2D eigenvalue weighted by Gasteiger charge is -2.45. The Morgan fingerprint density at radius 1 is 1.19 bits per heavy atom. The number of esters is 2. The molecule has 144 valence electrons. The molecule has 2 saturated heterocycles. The number of hydrogen-bond donors (Lipinski definition) is 1. The van der Waals surface area contributed by atoms with E-state index in [0.717, 1.165) is 19.3 Å². The molecular weight excluding hydrogens is 346 g/mol. The maximum Gasteiger partial charge on any atom is 0.361 e. The molecule has 2 aliphatic heterocycles. The van der Waals surface area contributed by atoms with Gasteiger partial charge in [-0.25, -0.2) is 14.3 Å². The zero-order chi connectivity index (χ0) is 18.7. The molecule has 0 radical (unpaired) electrons. The predicted molar refractivity (Wildman–Crippen MR) is 85.2 cm³/mol. The first-order chi connectivity index (χ1) is 12.5. The highest BCUT2D eigenvalue weighted by atomic mass is 16.7. The van der Waals surface area contributed by atoms with Crippen molar-refractivity contribution in [1.29, 1.82) is 0 Å². The lowest BCUT2D eigenvalue weighted by molar-refractivity contribution is -0.332.